The summed E-state index contributed by atoms with van der Waals surface area (Å²) in [5.74, 6) is 0.702. The molecule has 3 aromatic rings. The molecule has 3 rings (SSSR count). The normalized spacial score (nSPS) is 12.8. The molecule has 0 saturated heterocycles. The van der Waals surface area contributed by atoms with Crippen molar-refractivity contribution in [2.24, 2.45) is 0 Å². The maximum absolute atomic E-state index is 12.5. The first-order chi connectivity index (χ1) is 14.2. The van der Waals surface area contributed by atoms with E-state index in [1.165, 1.54) is 30.5 Å². The third-order valence-corrected chi connectivity index (χ3v) is 6.57. The quantitative estimate of drug-likeness (QED) is 0.500. The summed E-state index contributed by atoms with van der Waals surface area (Å²) < 4.78 is 37.7. The zero-order chi connectivity index (χ0) is 21.9. The summed E-state index contributed by atoms with van der Waals surface area (Å²) in [5, 5.41) is 10.4. The van der Waals surface area contributed by atoms with E-state index in [-0.39, 0.29) is 22.1 Å². The molecular formula is C19H22N4O5S2. The fraction of sp³-hybridized carbons (Fsp3) is 0.316. The van der Waals surface area contributed by atoms with Gasteiger partial charge in [0.2, 0.25) is 15.9 Å². The van der Waals surface area contributed by atoms with E-state index in [9.17, 15) is 13.2 Å². The van der Waals surface area contributed by atoms with Crippen LogP contribution in [0.25, 0.3) is 11.5 Å². The Hall–Kier alpha value is -2.63. The van der Waals surface area contributed by atoms with Crippen molar-refractivity contribution in [3.05, 3.63) is 42.4 Å². The van der Waals surface area contributed by atoms with E-state index < -0.39 is 15.3 Å². The van der Waals surface area contributed by atoms with Gasteiger partial charge in [0.1, 0.15) is 5.76 Å². The molecule has 0 aliphatic carbocycles. The molecule has 30 heavy (non-hydrogen) atoms. The number of nitrogens with zero attached hydrogens (tertiary/aromatic N) is 2. The van der Waals surface area contributed by atoms with Crippen LogP contribution in [0.3, 0.4) is 0 Å². The summed E-state index contributed by atoms with van der Waals surface area (Å²) in [6.45, 7) is 6.98. The zero-order valence-corrected chi connectivity index (χ0v) is 18.5. The Kier molecular flexibility index (Phi) is 6.64. The van der Waals surface area contributed by atoms with Crippen molar-refractivity contribution in [3.63, 3.8) is 0 Å². The third-order valence-electron chi connectivity index (χ3n) is 3.97. The lowest BCUT2D eigenvalue weighted by atomic mass is 10.3. The van der Waals surface area contributed by atoms with Gasteiger partial charge in [0.25, 0.3) is 11.1 Å². The minimum absolute atomic E-state index is 0.129. The Bertz CT molecular complexity index is 1120. The van der Waals surface area contributed by atoms with Gasteiger partial charge in [-0.15, -0.1) is 10.2 Å². The molecule has 160 valence electrons. The molecule has 9 nitrogen and oxygen atoms in total. The highest BCUT2D eigenvalue weighted by atomic mass is 32.2. The summed E-state index contributed by atoms with van der Waals surface area (Å²) in [7, 11) is -3.58. The van der Waals surface area contributed by atoms with Gasteiger partial charge in [0.05, 0.1) is 22.0 Å². The zero-order valence-electron chi connectivity index (χ0n) is 16.9. The molecule has 0 bridgehead atoms. The fourth-order valence-corrected chi connectivity index (χ4v) is 4.45. The van der Waals surface area contributed by atoms with Crippen LogP contribution in [0.2, 0.25) is 0 Å². The Morgan fingerprint density at radius 2 is 1.80 bits per heavy atom. The number of amides is 1. The maximum atomic E-state index is 12.5. The molecule has 1 amide bonds. The van der Waals surface area contributed by atoms with E-state index in [2.05, 4.69) is 20.2 Å². The Morgan fingerprint density at radius 3 is 2.40 bits per heavy atom. The van der Waals surface area contributed by atoms with E-state index in [1.807, 2.05) is 0 Å². The van der Waals surface area contributed by atoms with Crippen molar-refractivity contribution >= 4 is 33.4 Å². The van der Waals surface area contributed by atoms with E-state index in [0.717, 1.165) is 11.8 Å². The van der Waals surface area contributed by atoms with E-state index in [0.29, 0.717) is 22.9 Å². The molecule has 0 aliphatic rings. The number of sulfonamides is 1. The number of aromatic nitrogens is 2. The van der Waals surface area contributed by atoms with Gasteiger partial charge in [-0.3, -0.25) is 4.79 Å². The molecule has 0 aliphatic heterocycles. The van der Waals surface area contributed by atoms with Crippen LogP contribution in [-0.4, -0.2) is 35.8 Å². The van der Waals surface area contributed by atoms with Crippen LogP contribution in [0.15, 0.2) is 55.5 Å². The Balaban J connectivity index is 1.61. The maximum Gasteiger partial charge on any atom is 0.277 e. The average molecular weight is 451 g/mol. The predicted octanol–water partition coefficient (Wildman–Crippen LogP) is 3.44. The number of hydrogen-bond acceptors (Lipinski definition) is 8. The van der Waals surface area contributed by atoms with E-state index >= 15 is 0 Å². The standard InChI is InChI=1S/C19H22N4O5S2/c1-11(2)23-30(25,26)15-7-5-14(6-8-15)20-17(24)13(4)29-19-22-21-18(28-19)16-9-10-27-12(16)3/h5-11,13,23H,1-4H3,(H,20,24)/t13-/m1/s1. The molecule has 2 heterocycles. The van der Waals surface area contributed by atoms with Crippen LogP contribution in [0.1, 0.15) is 26.5 Å². The predicted molar refractivity (Wildman–Crippen MR) is 113 cm³/mol. The van der Waals surface area contributed by atoms with Gasteiger partial charge in [-0.1, -0.05) is 11.8 Å². The number of aryl methyl sites for hydroxylation is 1. The van der Waals surface area contributed by atoms with Crippen molar-refractivity contribution in [2.75, 3.05) is 5.32 Å². The lowest BCUT2D eigenvalue weighted by molar-refractivity contribution is -0.115. The first-order valence-electron chi connectivity index (χ1n) is 9.13. The third kappa shape index (κ3) is 5.29. The first-order valence-corrected chi connectivity index (χ1v) is 11.5. The highest BCUT2D eigenvalue weighted by molar-refractivity contribution is 8.00. The second kappa shape index (κ2) is 9.02. The smallest absolute Gasteiger partial charge is 0.277 e. The van der Waals surface area contributed by atoms with Crippen LogP contribution >= 0.6 is 11.8 Å². The number of benzene rings is 1. The Morgan fingerprint density at radius 1 is 1.10 bits per heavy atom. The average Bonchev–Trinajstić information content (AvgIpc) is 3.29. The van der Waals surface area contributed by atoms with Gasteiger partial charge in [0.15, 0.2) is 0 Å². The number of rotatable bonds is 8. The molecule has 0 radical (unpaired) electrons. The molecule has 1 atom stereocenters. The molecule has 2 N–H and O–H groups in total. The second-order valence-electron chi connectivity index (χ2n) is 6.81. The summed E-state index contributed by atoms with van der Waals surface area (Å²) in [5.41, 5.74) is 1.18. The number of carbonyl (C=O) groups excluding carboxylic acids is 1. The molecule has 1 aromatic carbocycles. The highest BCUT2D eigenvalue weighted by Gasteiger charge is 2.20. The highest BCUT2D eigenvalue weighted by Crippen LogP contribution is 2.28. The van der Waals surface area contributed by atoms with Crippen LogP contribution in [-0.2, 0) is 14.8 Å². The lowest BCUT2D eigenvalue weighted by Gasteiger charge is -2.12. The van der Waals surface area contributed by atoms with Crippen LogP contribution in [0.4, 0.5) is 5.69 Å². The molecular weight excluding hydrogens is 428 g/mol. The number of thioether (sulfide) groups is 1. The van der Waals surface area contributed by atoms with E-state index in [4.69, 9.17) is 8.83 Å². The van der Waals surface area contributed by atoms with Crippen molar-refractivity contribution in [1.82, 2.24) is 14.9 Å². The van der Waals surface area contributed by atoms with Gasteiger partial charge in [-0.2, -0.15) is 0 Å². The fourth-order valence-electron chi connectivity index (χ4n) is 2.52. The minimum Gasteiger partial charge on any atom is -0.469 e. The number of carbonyl (C=O) groups is 1. The molecule has 0 unspecified atom stereocenters. The van der Waals surface area contributed by atoms with Crippen LogP contribution in [0.5, 0.6) is 0 Å². The first kappa shape index (κ1) is 22.1. The summed E-state index contributed by atoms with van der Waals surface area (Å²) >= 11 is 1.12. The van der Waals surface area contributed by atoms with Gasteiger partial charge < -0.3 is 14.2 Å². The molecule has 11 heteroatoms. The lowest BCUT2D eigenvalue weighted by Crippen LogP contribution is -2.30. The van der Waals surface area contributed by atoms with Crippen LogP contribution in [0, 0.1) is 6.92 Å². The summed E-state index contributed by atoms with van der Waals surface area (Å²) in [6.07, 6.45) is 1.53. The topological polar surface area (TPSA) is 127 Å². The minimum atomic E-state index is -3.58. The largest absolute Gasteiger partial charge is 0.469 e. The summed E-state index contributed by atoms with van der Waals surface area (Å²) in [4.78, 5) is 12.6. The second-order valence-corrected chi connectivity index (χ2v) is 9.82. The number of furan rings is 1. The number of anilines is 1. The molecule has 0 spiro atoms. The SMILES string of the molecule is Cc1occc1-c1nnc(S[C@H](C)C(=O)Nc2ccc(S(=O)(=O)NC(C)C)cc2)o1. The summed E-state index contributed by atoms with van der Waals surface area (Å²) in [6, 6.07) is 7.47. The van der Waals surface area contributed by atoms with Gasteiger partial charge in [0, 0.05) is 11.7 Å². The van der Waals surface area contributed by atoms with Gasteiger partial charge in [-0.05, 0) is 58.0 Å². The van der Waals surface area contributed by atoms with Gasteiger partial charge >= 0.3 is 0 Å². The van der Waals surface area contributed by atoms with Crippen molar-refractivity contribution < 1.29 is 22.0 Å². The Labute approximate surface area is 178 Å². The van der Waals surface area contributed by atoms with Crippen molar-refractivity contribution in [1.29, 1.82) is 0 Å². The molecule has 2 aromatic heterocycles. The molecule has 0 fully saturated rings. The number of nitrogens with one attached hydrogen (secondary N) is 2. The van der Waals surface area contributed by atoms with Crippen LogP contribution < -0.4 is 10.0 Å². The van der Waals surface area contributed by atoms with Crippen molar-refractivity contribution in [2.45, 2.75) is 49.1 Å². The molecule has 0 saturated carbocycles. The van der Waals surface area contributed by atoms with Crippen molar-refractivity contribution in [3.8, 4) is 11.5 Å². The number of hydrogen-bond donors (Lipinski definition) is 2. The van der Waals surface area contributed by atoms with Gasteiger partial charge in [-0.25, -0.2) is 13.1 Å². The van der Waals surface area contributed by atoms with E-state index in [1.54, 1.807) is 33.8 Å². The monoisotopic (exact) mass is 450 g/mol.